The Bertz CT molecular complexity index is 1230. The van der Waals surface area contributed by atoms with Gasteiger partial charge in [0.25, 0.3) is 11.8 Å². The molecule has 5 nitrogen and oxygen atoms in total. The van der Waals surface area contributed by atoms with E-state index in [4.69, 9.17) is 4.74 Å². The van der Waals surface area contributed by atoms with Crippen LogP contribution in [0.5, 0.6) is 5.75 Å². The lowest BCUT2D eigenvalue weighted by atomic mass is 9.97. The molecule has 3 aromatic rings. The summed E-state index contributed by atoms with van der Waals surface area (Å²) >= 11 is 0. The van der Waals surface area contributed by atoms with Crippen molar-refractivity contribution in [2.24, 2.45) is 0 Å². The summed E-state index contributed by atoms with van der Waals surface area (Å²) in [5.74, 6) is 0.0517. The Labute approximate surface area is 194 Å². The minimum atomic E-state index is -0.367. The molecule has 1 heterocycles. The molecule has 1 aliphatic heterocycles. The highest BCUT2D eigenvalue weighted by atomic mass is 16.5. The fourth-order valence-corrected chi connectivity index (χ4v) is 4.05. The average molecular weight is 441 g/mol. The largest absolute Gasteiger partial charge is 0.494 e. The van der Waals surface area contributed by atoms with E-state index in [2.05, 4.69) is 12.2 Å². The molecule has 0 aromatic heterocycles. The third kappa shape index (κ3) is 4.40. The minimum Gasteiger partial charge on any atom is -0.494 e. The first-order valence-corrected chi connectivity index (χ1v) is 11.2. The maximum atomic E-state index is 13.6. The Kier molecular flexibility index (Phi) is 6.31. The Balaban J connectivity index is 1.78. The summed E-state index contributed by atoms with van der Waals surface area (Å²) in [6.07, 6.45) is 0.888. The molecule has 2 amide bonds. The van der Waals surface area contributed by atoms with E-state index in [0.717, 1.165) is 34.4 Å². The normalized spacial score (nSPS) is 13.6. The molecule has 0 radical (unpaired) electrons. The van der Waals surface area contributed by atoms with Gasteiger partial charge < -0.3 is 10.1 Å². The lowest BCUT2D eigenvalue weighted by molar-refractivity contribution is -0.120. The van der Waals surface area contributed by atoms with Crippen molar-refractivity contribution in [1.82, 2.24) is 0 Å². The quantitative estimate of drug-likeness (QED) is 0.482. The molecule has 0 saturated heterocycles. The molecule has 0 bridgehead atoms. The molecular formula is C28H28N2O3. The molecule has 5 heteroatoms. The lowest BCUT2D eigenvalue weighted by Crippen LogP contribution is -2.32. The van der Waals surface area contributed by atoms with Gasteiger partial charge in [0.2, 0.25) is 0 Å². The molecule has 0 fully saturated rings. The monoisotopic (exact) mass is 440 g/mol. The third-order valence-electron chi connectivity index (χ3n) is 5.77. The van der Waals surface area contributed by atoms with Crippen molar-refractivity contribution in [3.63, 3.8) is 0 Å². The summed E-state index contributed by atoms with van der Waals surface area (Å²) in [6, 6.07) is 20.8. The van der Waals surface area contributed by atoms with Gasteiger partial charge in [-0.2, -0.15) is 0 Å². The van der Waals surface area contributed by atoms with Gasteiger partial charge in [0.05, 0.1) is 17.9 Å². The van der Waals surface area contributed by atoms with Gasteiger partial charge in [-0.25, -0.2) is 4.90 Å². The Morgan fingerprint density at radius 2 is 1.55 bits per heavy atom. The summed E-state index contributed by atoms with van der Waals surface area (Å²) < 4.78 is 5.51. The number of rotatable bonds is 7. The summed E-state index contributed by atoms with van der Waals surface area (Å²) in [5.41, 5.74) is 5.87. The first-order valence-electron chi connectivity index (χ1n) is 11.2. The number of nitrogens with one attached hydrogen (secondary N) is 1. The van der Waals surface area contributed by atoms with E-state index in [-0.39, 0.29) is 17.5 Å². The van der Waals surface area contributed by atoms with Crippen LogP contribution in [0, 0.1) is 13.8 Å². The van der Waals surface area contributed by atoms with Crippen molar-refractivity contribution in [3.8, 4) is 5.75 Å². The molecule has 0 saturated carbocycles. The number of nitrogens with zero attached hydrogens (tertiary/aromatic N) is 1. The number of hydrogen-bond donors (Lipinski definition) is 1. The van der Waals surface area contributed by atoms with Crippen molar-refractivity contribution >= 4 is 28.8 Å². The van der Waals surface area contributed by atoms with E-state index in [1.165, 1.54) is 4.90 Å². The van der Waals surface area contributed by atoms with Crippen LogP contribution < -0.4 is 15.0 Å². The number of ether oxygens (including phenoxy) is 1. The standard InChI is InChI=1S/C28H28N2O3/c1-5-20-8-12-22(13-9-20)30-27(31)25(24-16-7-18(3)17-19(24)4)26(28(30)32)29-21-10-14-23(15-11-21)33-6-2/h7-17,29H,5-6H2,1-4H3. The number of imide groups is 1. The molecule has 33 heavy (non-hydrogen) atoms. The number of benzene rings is 3. The van der Waals surface area contributed by atoms with Gasteiger partial charge in [-0.05, 0) is 80.3 Å². The summed E-state index contributed by atoms with van der Waals surface area (Å²) in [6.45, 7) is 8.54. The molecule has 1 aliphatic rings. The maximum absolute atomic E-state index is 13.6. The molecule has 4 rings (SSSR count). The van der Waals surface area contributed by atoms with Crippen molar-refractivity contribution in [2.75, 3.05) is 16.8 Å². The predicted octanol–water partition coefficient (Wildman–Crippen LogP) is 5.66. The molecule has 0 atom stereocenters. The lowest BCUT2D eigenvalue weighted by Gasteiger charge is -2.16. The fraction of sp³-hybridized carbons (Fsp3) is 0.214. The van der Waals surface area contributed by atoms with Crippen LogP contribution >= 0.6 is 0 Å². The highest BCUT2D eigenvalue weighted by Gasteiger charge is 2.40. The average Bonchev–Trinajstić information content (AvgIpc) is 3.05. The van der Waals surface area contributed by atoms with Crippen molar-refractivity contribution < 1.29 is 14.3 Å². The second-order valence-electron chi connectivity index (χ2n) is 8.12. The number of amides is 2. The zero-order chi connectivity index (χ0) is 23.5. The van der Waals surface area contributed by atoms with Gasteiger partial charge in [-0.1, -0.05) is 42.8 Å². The number of hydrogen-bond acceptors (Lipinski definition) is 4. The second kappa shape index (κ2) is 9.33. The number of anilines is 2. The minimum absolute atomic E-state index is 0.274. The third-order valence-corrected chi connectivity index (χ3v) is 5.77. The first-order chi connectivity index (χ1) is 15.9. The molecule has 0 aliphatic carbocycles. The molecule has 168 valence electrons. The van der Waals surface area contributed by atoms with E-state index in [1.807, 2.05) is 87.5 Å². The predicted molar refractivity (Wildman–Crippen MR) is 132 cm³/mol. The smallest absolute Gasteiger partial charge is 0.282 e. The molecule has 0 unspecified atom stereocenters. The summed E-state index contributed by atoms with van der Waals surface area (Å²) in [4.78, 5) is 28.5. The van der Waals surface area contributed by atoms with Crippen LogP contribution in [0.25, 0.3) is 5.57 Å². The zero-order valence-electron chi connectivity index (χ0n) is 19.4. The molecule has 0 spiro atoms. The molecular weight excluding hydrogens is 412 g/mol. The van der Waals surface area contributed by atoms with Gasteiger partial charge in [0.1, 0.15) is 11.4 Å². The van der Waals surface area contributed by atoms with Gasteiger partial charge in [0.15, 0.2) is 0 Å². The number of aryl methyl sites for hydroxylation is 3. The van der Waals surface area contributed by atoms with E-state index in [9.17, 15) is 9.59 Å². The van der Waals surface area contributed by atoms with Crippen LogP contribution in [-0.2, 0) is 16.0 Å². The van der Waals surface area contributed by atoms with Crippen molar-refractivity contribution in [3.05, 3.63) is 94.7 Å². The van der Waals surface area contributed by atoms with Gasteiger partial charge >= 0.3 is 0 Å². The van der Waals surface area contributed by atoms with Crippen LogP contribution in [0.3, 0.4) is 0 Å². The topological polar surface area (TPSA) is 58.6 Å². The van der Waals surface area contributed by atoms with E-state index < -0.39 is 0 Å². The maximum Gasteiger partial charge on any atom is 0.282 e. The first kappa shape index (κ1) is 22.3. The SMILES string of the molecule is CCOc1ccc(NC2=C(c3ccc(C)cc3C)C(=O)N(c3ccc(CC)cc3)C2=O)cc1. The van der Waals surface area contributed by atoms with Gasteiger partial charge in [-0.3, -0.25) is 9.59 Å². The Hall–Kier alpha value is -3.86. The van der Waals surface area contributed by atoms with E-state index >= 15 is 0 Å². The number of carbonyl (C=O) groups excluding carboxylic acids is 2. The summed E-state index contributed by atoms with van der Waals surface area (Å²) in [5, 5.41) is 3.22. The Morgan fingerprint density at radius 1 is 0.848 bits per heavy atom. The second-order valence-corrected chi connectivity index (χ2v) is 8.12. The highest BCUT2D eigenvalue weighted by Crippen LogP contribution is 2.35. The van der Waals surface area contributed by atoms with Crippen LogP contribution in [0.2, 0.25) is 0 Å². The van der Waals surface area contributed by atoms with Crippen LogP contribution in [0.15, 0.2) is 72.4 Å². The molecule has 3 aromatic carbocycles. The van der Waals surface area contributed by atoms with Crippen LogP contribution in [0.4, 0.5) is 11.4 Å². The number of carbonyl (C=O) groups is 2. The van der Waals surface area contributed by atoms with Gasteiger partial charge in [-0.15, -0.1) is 0 Å². The van der Waals surface area contributed by atoms with Crippen LogP contribution in [0.1, 0.15) is 36.1 Å². The Morgan fingerprint density at radius 3 is 2.15 bits per heavy atom. The molecule has 1 N–H and O–H groups in total. The van der Waals surface area contributed by atoms with Crippen molar-refractivity contribution in [2.45, 2.75) is 34.1 Å². The highest BCUT2D eigenvalue weighted by molar-refractivity contribution is 6.46. The van der Waals surface area contributed by atoms with E-state index in [1.54, 1.807) is 0 Å². The van der Waals surface area contributed by atoms with Gasteiger partial charge in [0, 0.05) is 5.69 Å². The zero-order valence-corrected chi connectivity index (χ0v) is 19.4. The summed E-state index contributed by atoms with van der Waals surface area (Å²) in [7, 11) is 0. The van der Waals surface area contributed by atoms with Crippen molar-refractivity contribution in [1.29, 1.82) is 0 Å². The van der Waals surface area contributed by atoms with E-state index in [0.29, 0.717) is 23.6 Å². The van der Waals surface area contributed by atoms with Crippen LogP contribution in [-0.4, -0.2) is 18.4 Å². The fourth-order valence-electron chi connectivity index (χ4n) is 4.05.